The van der Waals surface area contributed by atoms with Crippen LogP contribution in [-0.2, 0) is 29.4 Å². The van der Waals surface area contributed by atoms with E-state index in [2.05, 4.69) is 10.00 Å². The van der Waals surface area contributed by atoms with Gasteiger partial charge in [-0.15, -0.1) is 0 Å². The minimum absolute atomic E-state index is 0.205. The molecule has 1 saturated heterocycles. The van der Waals surface area contributed by atoms with E-state index >= 15 is 0 Å². The van der Waals surface area contributed by atoms with Crippen molar-refractivity contribution < 1.29 is 8.42 Å². The number of aryl methyl sites for hydroxylation is 3. The third-order valence-electron chi connectivity index (χ3n) is 7.27. The minimum atomic E-state index is -3.52. The lowest BCUT2D eigenvalue weighted by Gasteiger charge is -2.33. The van der Waals surface area contributed by atoms with Gasteiger partial charge < -0.3 is 0 Å². The van der Waals surface area contributed by atoms with Gasteiger partial charge in [0.2, 0.25) is 15.0 Å². The lowest BCUT2D eigenvalue weighted by molar-refractivity contribution is 0.180. The highest BCUT2D eigenvalue weighted by Gasteiger charge is 2.29. The van der Waals surface area contributed by atoms with Gasteiger partial charge in [-0.05, 0) is 55.9 Å². The van der Waals surface area contributed by atoms with Crippen molar-refractivity contribution in [3.05, 3.63) is 81.3 Å². The fourth-order valence-electron chi connectivity index (χ4n) is 5.13. The average molecular weight is 536 g/mol. The molecule has 10 heteroatoms. The van der Waals surface area contributed by atoms with Crippen LogP contribution < -0.4 is 5.56 Å². The first kappa shape index (κ1) is 24.4. The van der Waals surface area contributed by atoms with Crippen LogP contribution in [-0.4, -0.2) is 58.4 Å². The molecule has 4 aromatic rings. The van der Waals surface area contributed by atoms with Crippen molar-refractivity contribution >= 4 is 26.3 Å². The monoisotopic (exact) mass is 535 g/mol. The number of nitrogens with zero attached hydrogens (tertiary/aromatic N) is 5. The van der Waals surface area contributed by atoms with Crippen LogP contribution in [0.25, 0.3) is 15.5 Å². The zero-order valence-corrected chi connectivity index (χ0v) is 22.4. The maximum atomic E-state index is 13.3. The second kappa shape index (κ2) is 9.75. The molecule has 0 unspecified atom stereocenters. The summed E-state index contributed by atoms with van der Waals surface area (Å²) in [6, 6.07) is 15.2. The Balaban J connectivity index is 1.14. The van der Waals surface area contributed by atoms with Gasteiger partial charge in [0.15, 0.2) is 0 Å². The number of benzene rings is 2. The topological polar surface area (TPSA) is 87.9 Å². The molecule has 37 heavy (non-hydrogen) atoms. The van der Waals surface area contributed by atoms with Gasteiger partial charge in [0.25, 0.3) is 5.56 Å². The standard InChI is InChI=1S/C27H29N5O3S2/c1-19-6-8-21(9-7-19)26-29-32-25(33)17-23(28-27(32)36-26)18-30-12-14-31(15-13-30)37(34,35)24-11-10-20-4-2-3-5-22(20)16-24/h6-11,16-17H,2-5,12-15,18H2,1H3. The summed E-state index contributed by atoms with van der Waals surface area (Å²) in [5.41, 5.74) is 5.05. The Bertz CT molecular complexity index is 1620. The van der Waals surface area contributed by atoms with E-state index in [0.29, 0.717) is 48.3 Å². The van der Waals surface area contributed by atoms with E-state index in [-0.39, 0.29) is 5.56 Å². The highest BCUT2D eigenvalue weighted by molar-refractivity contribution is 7.89. The molecule has 2 aromatic heterocycles. The van der Waals surface area contributed by atoms with E-state index in [1.165, 1.54) is 39.5 Å². The highest BCUT2D eigenvalue weighted by atomic mass is 32.2. The van der Waals surface area contributed by atoms with E-state index in [1.54, 1.807) is 10.4 Å². The van der Waals surface area contributed by atoms with Crippen molar-refractivity contribution in [3.8, 4) is 10.6 Å². The molecule has 6 rings (SSSR count). The van der Waals surface area contributed by atoms with E-state index < -0.39 is 10.0 Å². The number of piperazine rings is 1. The summed E-state index contributed by atoms with van der Waals surface area (Å²) in [5.74, 6) is 0. The molecule has 0 atom stereocenters. The molecule has 0 amide bonds. The van der Waals surface area contributed by atoms with Gasteiger partial charge in [-0.25, -0.2) is 13.4 Å². The van der Waals surface area contributed by atoms with E-state index in [0.717, 1.165) is 35.4 Å². The van der Waals surface area contributed by atoms with Gasteiger partial charge in [-0.3, -0.25) is 9.69 Å². The number of rotatable bonds is 5. The normalized spacial score (nSPS) is 17.2. The number of hydrogen-bond donors (Lipinski definition) is 0. The predicted octanol–water partition coefficient (Wildman–Crippen LogP) is 3.51. The van der Waals surface area contributed by atoms with Crippen LogP contribution in [0.3, 0.4) is 0 Å². The van der Waals surface area contributed by atoms with Crippen molar-refractivity contribution in [1.29, 1.82) is 0 Å². The second-order valence-corrected chi connectivity index (χ2v) is 12.8. The Morgan fingerprint density at radius 1 is 0.919 bits per heavy atom. The number of sulfonamides is 1. The van der Waals surface area contributed by atoms with Crippen molar-refractivity contribution in [2.75, 3.05) is 26.2 Å². The maximum Gasteiger partial charge on any atom is 0.275 e. The molecule has 3 heterocycles. The zero-order valence-electron chi connectivity index (χ0n) is 20.8. The molecule has 8 nitrogen and oxygen atoms in total. The average Bonchev–Trinajstić information content (AvgIpc) is 3.34. The molecule has 192 valence electrons. The lowest BCUT2D eigenvalue weighted by Crippen LogP contribution is -2.48. The molecule has 0 radical (unpaired) electrons. The third-order valence-corrected chi connectivity index (χ3v) is 10.1. The Kier molecular flexibility index (Phi) is 6.44. The van der Waals surface area contributed by atoms with Crippen LogP contribution in [0.5, 0.6) is 0 Å². The highest BCUT2D eigenvalue weighted by Crippen LogP contribution is 2.27. The van der Waals surface area contributed by atoms with E-state index in [1.807, 2.05) is 43.3 Å². The van der Waals surface area contributed by atoms with Crippen molar-refractivity contribution in [1.82, 2.24) is 23.8 Å². The quantitative estimate of drug-likeness (QED) is 0.389. The van der Waals surface area contributed by atoms with E-state index in [4.69, 9.17) is 4.98 Å². The van der Waals surface area contributed by atoms with Gasteiger partial charge in [0, 0.05) is 44.4 Å². The molecule has 0 saturated carbocycles. The van der Waals surface area contributed by atoms with Crippen LogP contribution in [0, 0.1) is 6.92 Å². The van der Waals surface area contributed by atoms with Crippen LogP contribution in [0.2, 0.25) is 0 Å². The Morgan fingerprint density at radius 3 is 2.41 bits per heavy atom. The fraction of sp³-hybridized carbons (Fsp3) is 0.370. The van der Waals surface area contributed by atoms with Gasteiger partial charge in [0.05, 0.1) is 10.6 Å². The Hall–Kier alpha value is -2.92. The number of hydrogen-bond acceptors (Lipinski definition) is 7. The Morgan fingerprint density at radius 2 is 1.65 bits per heavy atom. The summed E-state index contributed by atoms with van der Waals surface area (Å²) in [5, 5.41) is 5.22. The molecule has 0 spiro atoms. The van der Waals surface area contributed by atoms with Gasteiger partial charge in [-0.2, -0.15) is 13.9 Å². The van der Waals surface area contributed by atoms with Crippen LogP contribution in [0.4, 0.5) is 0 Å². The first-order valence-corrected chi connectivity index (χ1v) is 14.9. The minimum Gasteiger partial charge on any atom is -0.295 e. The fourth-order valence-corrected chi connectivity index (χ4v) is 7.53. The molecule has 0 N–H and O–H groups in total. The van der Waals surface area contributed by atoms with Crippen LogP contribution in [0.15, 0.2) is 58.2 Å². The first-order valence-electron chi connectivity index (χ1n) is 12.7. The zero-order chi connectivity index (χ0) is 25.6. The van der Waals surface area contributed by atoms with Crippen LogP contribution >= 0.6 is 11.3 Å². The molecule has 0 bridgehead atoms. The predicted molar refractivity (Wildman–Crippen MR) is 144 cm³/mol. The van der Waals surface area contributed by atoms with Gasteiger partial charge >= 0.3 is 0 Å². The number of aromatic nitrogens is 3. The molecule has 2 aromatic carbocycles. The summed E-state index contributed by atoms with van der Waals surface area (Å²) in [6.07, 6.45) is 4.28. The van der Waals surface area contributed by atoms with Gasteiger partial charge in [0.1, 0.15) is 5.01 Å². The molecular formula is C27H29N5O3S2. The SMILES string of the molecule is Cc1ccc(-c2nn3c(=O)cc(CN4CCN(S(=O)(=O)c5ccc6c(c5)CCCC6)CC4)nc3s2)cc1. The molecular weight excluding hydrogens is 506 g/mol. The largest absolute Gasteiger partial charge is 0.295 e. The summed E-state index contributed by atoms with van der Waals surface area (Å²) < 4.78 is 29.6. The molecule has 1 fully saturated rings. The summed E-state index contributed by atoms with van der Waals surface area (Å²) in [4.78, 5) is 20.6. The van der Waals surface area contributed by atoms with Crippen molar-refractivity contribution in [2.45, 2.75) is 44.0 Å². The van der Waals surface area contributed by atoms with Gasteiger partial charge in [-0.1, -0.05) is 47.2 Å². The smallest absolute Gasteiger partial charge is 0.275 e. The molecule has 1 aliphatic carbocycles. The third kappa shape index (κ3) is 4.86. The molecule has 1 aliphatic heterocycles. The number of fused-ring (bicyclic) bond motifs is 2. The van der Waals surface area contributed by atoms with Crippen molar-refractivity contribution in [3.63, 3.8) is 0 Å². The summed E-state index contributed by atoms with van der Waals surface area (Å²) in [7, 11) is -3.52. The van der Waals surface area contributed by atoms with Crippen LogP contribution in [0.1, 0.15) is 35.2 Å². The molecule has 2 aliphatic rings. The Labute approximate surface area is 220 Å². The summed E-state index contributed by atoms with van der Waals surface area (Å²) in [6.45, 7) is 4.53. The first-order chi connectivity index (χ1) is 17.9. The van der Waals surface area contributed by atoms with Crippen molar-refractivity contribution in [2.24, 2.45) is 0 Å². The second-order valence-electron chi connectivity index (χ2n) is 9.87. The maximum absolute atomic E-state index is 13.3. The summed E-state index contributed by atoms with van der Waals surface area (Å²) >= 11 is 1.39. The lowest BCUT2D eigenvalue weighted by atomic mass is 9.92. The van der Waals surface area contributed by atoms with E-state index in [9.17, 15) is 13.2 Å².